The van der Waals surface area contributed by atoms with Crippen molar-refractivity contribution in [1.82, 2.24) is 0 Å². The van der Waals surface area contributed by atoms with Crippen LogP contribution < -0.4 is 5.73 Å². The van der Waals surface area contributed by atoms with Gasteiger partial charge in [0.1, 0.15) is 9.84 Å². The summed E-state index contributed by atoms with van der Waals surface area (Å²) in [6, 6.07) is 0. The van der Waals surface area contributed by atoms with Crippen LogP contribution in [-0.2, 0) is 9.84 Å². The molecule has 0 aromatic heterocycles. The summed E-state index contributed by atoms with van der Waals surface area (Å²) in [7, 11) is -2.80. The second-order valence-corrected chi connectivity index (χ2v) is 5.89. The Hall–Kier alpha value is -0.0900. The maximum Gasteiger partial charge on any atom is 0.150 e. The molecule has 0 aromatic carbocycles. The summed E-state index contributed by atoms with van der Waals surface area (Å²) in [5.74, 6) is 0.924. The fourth-order valence-electron chi connectivity index (χ4n) is 1.28. The SMILES string of the molecule is CCCC(CN)CCS(=O)(=O)CC. The van der Waals surface area contributed by atoms with Gasteiger partial charge in [-0.05, 0) is 25.3 Å². The Labute approximate surface area is 81.6 Å². The van der Waals surface area contributed by atoms with E-state index in [1.54, 1.807) is 6.92 Å². The van der Waals surface area contributed by atoms with Gasteiger partial charge in [-0.25, -0.2) is 8.42 Å². The molecule has 0 heterocycles. The highest BCUT2D eigenvalue weighted by Crippen LogP contribution is 2.10. The number of hydrogen-bond acceptors (Lipinski definition) is 3. The maximum absolute atomic E-state index is 11.2. The predicted octanol–water partition coefficient (Wildman–Crippen LogP) is 1.19. The lowest BCUT2D eigenvalue weighted by molar-refractivity contribution is 0.472. The van der Waals surface area contributed by atoms with Crippen molar-refractivity contribution in [3.63, 3.8) is 0 Å². The molecule has 0 amide bonds. The van der Waals surface area contributed by atoms with Crippen LogP contribution in [0.4, 0.5) is 0 Å². The molecule has 1 unspecified atom stereocenters. The fraction of sp³-hybridized carbons (Fsp3) is 1.00. The van der Waals surface area contributed by atoms with E-state index in [0.717, 1.165) is 19.3 Å². The van der Waals surface area contributed by atoms with Crippen molar-refractivity contribution >= 4 is 9.84 Å². The summed E-state index contributed by atoms with van der Waals surface area (Å²) < 4.78 is 22.4. The topological polar surface area (TPSA) is 60.2 Å². The van der Waals surface area contributed by atoms with Gasteiger partial charge in [-0.2, -0.15) is 0 Å². The van der Waals surface area contributed by atoms with Crippen LogP contribution in [0.5, 0.6) is 0 Å². The quantitative estimate of drug-likeness (QED) is 0.682. The second-order valence-electron chi connectivity index (χ2n) is 3.42. The summed E-state index contributed by atoms with van der Waals surface area (Å²) in [4.78, 5) is 0. The van der Waals surface area contributed by atoms with Gasteiger partial charge in [-0.1, -0.05) is 20.3 Å². The molecule has 3 nitrogen and oxygen atoms in total. The van der Waals surface area contributed by atoms with Gasteiger partial charge in [0, 0.05) is 5.75 Å². The van der Waals surface area contributed by atoms with Gasteiger partial charge in [-0.3, -0.25) is 0 Å². The summed E-state index contributed by atoms with van der Waals surface area (Å²) in [6.07, 6.45) is 2.84. The third-order valence-corrected chi connectivity index (χ3v) is 4.04. The van der Waals surface area contributed by atoms with Gasteiger partial charge in [0.15, 0.2) is 0 Å². The van der Waals surface area contributed by atoms with Crippen LogP contribution in [0.1, 0.15) is 33.1 Å². The smallest absolute Gasteiger partial charge is 0.150 e. The van der Waals surface area contributed by atoms with E-state index >= 15 is 0 Å². The molecule has 0 saturated heterocycles. The van der Waals surface area contributed by atoms with E-state index in [2.05, 4.69) is 6.92 Å². The number of hydrogen-bond donors (Lipinski definition) is 1. The van der Waals surface area contributed by atoms with Crippen molar-refractivity contribution in [2.75, 3.05) is 18.1 Å². The summed E-state index contributed by atoms with van der Waals surface area (Å²) in [5, 5.41) is 0. The largest absolute Gasteiger partial charge is 0.330 e. The minimum atomic E-state index is -2.80. The van der Waals surface area contributed by atoms with Crippen molar-refractivity contribution < 1.29 is 8.42 Å². The molecule has 0 spiro atoms. The van der Waals surface area contributed by atoms with Crippen LogP contribution in [-0.4, -0.2) is 26.5 Å². The molecule has 0 fully saturated rings. The molecule has 0 rings (SSSR count). The van der Waals surface area contributed by atoms with Crippen molar-refractivity contribution in [2.24, 2.45) is 11.7 Å². The van der Waals surface area contributed by atoms with Crippen LogP contribution in [0, 0.1) is 5.92 Å². The van der Waals surface area contributed by atoms with Crippen LogP contribution in [0.15, 0.2) is 0 Å². The van der Waals surface area contributed by atoms with Gasteiger partial charge in [-0.15, -0.1) is 0 Å². The maximum atomic E-state index is 11.2. The number of sulfone groups is 1. The van der Waals surface area contributed by atoms with Gasteiger partial charge < -0.3 is 5.73 Å². The van der Waals surface area contributed by atoms with E-state index in [-0.39, 0.29) is 5.75 Å². The molecular weight excluding hydrogens is 186 g/mol. The average molecular weight is 207 g/mol. The molecule has 80 valence electrons. The Morgan fingerprint density at radius 3 is 2.23 bits per heavy atom. The van der Waals surface area contributed by atoms with E-state index in [1.807, 2.05) is 0 Å². The molecule has 0 aliphatic carbocycles. The predicted molar refractivity (Wildman–Crippen MR) is 56.4 cm³/mol. The molecular formula is C9H21NO2S. The molecule has 0 aliphatic heterocycles. The molecule has 0 aromatic rings. The Morgan fingerprint density at radius 1 is 1.23 bits per heavy atom. The molecule has 0 radical (unpaired) electrons. The standard InChI is InChI=1S/C9H21NO2S/c1-3-5-9(8-10)6-7-13(11,12)4-2/h9H,3-8,10H2,1-2H3. The van der Waals surface area contributed by atoms with E-state index in [9.17, 15) is 8.42 Å². The van der Waals surface area contributed by atoms with Gasteiger partial charge >= 0.3 is 0 Å². The molecule has 1 atom stereocenters. The lowest BCUT2D eigenvalue weighted by Crippen LogP contribution is -2.19. The zero-order valence-electron chi connectivity index (χ0n) is 8.62. The minimum absolute atomic E-state index is 0.246. The Morgan fingerprint density at radius 2 is 1.85 bits per heavy atom. The average Bonchev–Trinajstić information content (AvgIpc) is 2.12. The van der Waals surface area contributed by atoms with Crippen LogP contribution >= 0.6 is 0 Å². The fourth-order valence-corrected chi connectivity index (χ4v) is 2.26. The first-order valence-electron chi connectivity index (χ1n) is 4.96. The Bertz CT molecular complexity index is 212. The highest BCUT2D eigenvalue weighted by Gasteiger charge is 2.12. The van der Waals surface area contributed by atoms with E-state index in [1.165, 1.54) is 0 Å². The summed E-state index contributed by atoms with van der Waals surface area (Å²) in [5.41, 5.74) is 5.53. The number of nitrogens with two attached hydrogens (primary N) is 1. The Kier molecular flexibility index (Phi) is 6.33. The van der Waals surface area contributed by atoms with Crippen molar-refractivity contribution in [3.8, 4) is 0 Å². The highest BCUT2D eigenvalue weighted by molar-refractivity contribution is 7.91. The highest BCUT2D eigenvalue weighted by atomic mass is 32.2. The lowest BCUT2D eigenvalue weighted by Gasteiger charge is -2.12. The van der Waals surface area contributed by atoms with Gasteiger partial charge in [0.2, 0.25) is 0 Å². The first kappa shape index (κ1) is 12.9. The van der Waals surface area contributed by atoms with Crippen molar-refractivity contribution in [2.45, 2.75) is 33.1 Å². The van der Waals surface area contributed by atoms with Gasteiger partial charge in [0.25, 0.3) is 0 Å². The summed E-state index contributed by atoms with van der Waals surface area (Å²) >= 11 is 0. The first-order valence-corrected chi connectivity index (χ1v) is 6.78. The lowest BCUT2D eigenvalue weighted by atomic mass is 10.0. The van der Waals surface area contributed by atoms with Gasteiger partial charge in [0.05, 0.1) is 5.75 Å². The first-order chi connectivity index (χ1) is 6.05. The molecule has 0 saturated carbocycles. The molecule has 0 bridgehead atoms. The normalized spacial score (nSPS) is 14.4. The van der Waals surface area contributed by atoms with Crippen LogP contribution in [0.2, 0.25) is 0 Å². The van der Waals surface area contributed by atoms with Crippen molar-refractivity contribution in [1.29, 1.82) is 0 Å². The molecule has 2 N–H and O–H groups in total. The van der Waals surface area contributed by atoms with E-state index in [0.29, 0.717) is 18.2 Å². The molecule has 13 heavy (non-hydrogen) atoms. The second kappa shape index (κ2) is 6.38. The Balaban J connectivity index is 3.84. The third kappa shape index (κ3) is 6.05. The van der Waals surface area contributed by atoms with E-state index < -0.39 is 9.84 Å². The molecule has 0 aliphatic rings. The monoisotopic (exact) mass is 207 g/mol. The zero-order chi connectivity index (χ0) is 10.3. The zero-order valence-corrected chi connectivity index (χ0v) is 9.44. The summed E-state index contributed by atoms with van der Waals surface area (Å²) in [6.45, 7) is 4.39. The third-order valence-electron chi connectivity index (χ3n) is 2.31. The van der Waals surface area contributed by atoms with E-state index in [4.69, 9.17) is 5.73 Å². The minimum Gasteiger partial charge on any atom is -0.330 e. The number of rotatable bonds is 7. The van der Waals surface area contributed by atoms with Crippen molar-refractivity contribution in [3.05, 3.63) is 0 Å². The molecule has 4 heteroatoms. The van der Waals surface area contributed by atoms with Crippen LogP contribution in [0.3, 0.4) is 0 Å². The van der Waals surface area contributed by atoms with Crippen LogP contribution in [0.25, 0.3) is 0 Å².